The molecule has 0 aliphatic carbocycles. The van der Waals surface area contributed by atoms with Gasteiger partial charge in [-0.25, -0.2) is 9.97 Å². The van der Waals surface area contributed by atoms with Crippen molar-refractivity contribution in [1.29, 1.82) is 0 Å². The molecule has 1 unspecified atom stereocenters. The van der Waals surface area contributed by atoms with Crippen molar-refractivity contribution >= 4 is 0 Å². The van der Waals surface area contributed by atoms with Crippen LogP contribution in [-0.2, 0) is 13.5 Å². The van der Waals surface area contributed by atoms with Crippen molar-refractivity contribution in [1.82, 2.24) is 25.0 Å². The summed E-state index contributed by atoms with van der Waals surface area (Å²) in [6.45, 7) is 0. The molecule has 0 radical (unpaired) electrons. The third-order valence-corrected chi connectivity index (χ3v) is 1.94. The van der Waals surface area contributed by atoms with Gasteiger partial charge in [0.1, 0.15) is 6.10 Å². The smallest absolute Gasteiger partial charge is 0.157 e. The fraction of sp³-hybridized carbons (Fsp3) is 0.333. The zero-order chi connectivity index (χ0) is 10.7. The summed E-state index contributed by atoms with van der Waals surface area (Å²) in [4.78, 5) is 7.93. The molecule has 0 aromatic carbocycles. The molecule has 0 spiro atoms. The molecule has 1 N–H and O–H groups in total. The Morgan fingerprint density at radius 2 is 2.13 bits per heavy atom. The van der Waals surface area contributed by atoms with Crippen LogP contribution in [0.4, 0.5) is 0 Å². The number of nitrogens with zero attached hydrogens (tertiary/aromatic N) is 5. The fourth-order valence-corrected chi connectivity index (χ4v) is 1.26. The average Bonchev–Trinajstić information content (AvgIpc) is 2.65. The summed E-state index contributed by atoms with van der Waals surface area (Å²) >= 11 is 0. The Morgan fingerprint density at radius 3 is 2.73 bits per heavy atom. The van der Waals surface area contributed by atoms with E-state index in [-0.39, 0.29) is 0 Å². The summed E-state index contributed by atoms with van der Waals surface area (Å²) in [5, 5.41) is 17.4. The Labute approximate surface area is 86.6 Å². The van der Waals surface area contributed by atoms with E-state index in [9.17, 15) is 5.11 Å². The van der Waals surface area contributed by atoms with Crippen LogP contribution in [0.3, 0.4) is 0 Å². The number of rotatable bonds is 3. The third kappa shape index (κ3) is 2.35. The molecule has 0 bridgehead atoms. The van der Waals surface area contributed by atoms with Gasteiger partial charge >= 0.3 is 0 Å². The minimum Gasteiger partial charge on any atom is -0.385 e. The monoisotopic (exact) mass is 205 g/mol. The molecule has 0 saturated carbocycles. The lowest BCUT2D eigenvalue weighted by Gasteiger charge is -2.05. The quantitative estimate of drug-likeness (QED) is 0.756. The Morgan fingerprint density at radius 1 is 1.40 bits per heavy atom. The molecule has 6 nitrogen and oxygen atoms in total. The first-order chi connectivity index (χ1) is 7.25. The Bertz CT molecular complexity index is 427. The van der Waals surface area contributed by atoms with Crippen LogP contribution in [0.1, 0.15) is 17.6 Å². The molecule has 0 fully saturated rings. The lowest BCUT2D eigenvalue weighted by atomic mass is 10.2. The van der Waals surface area contributed by atoms with Gasteiger partial charge in [-0.2, -0.15) is 0 Å². The van der Waals surface area contributed by atoms with Gasteiger partial charge in [-0.15, -0.1) is 5.10 Å². The summed E-state index contributed by atoms with van der Waals surface area (Å²) in [6, 6.07) is 1.71. The van der Waals surface area contributed by atoms with Crippen LogP contribution in [0.5, 0.6) is 0 Å². The molecule has 15 heavy (non-hydrogen) atoms. The van der Waals surface area contributed by atoms with E-state index >= 15 is 0 Å². The molecule has 0 saturated heterocycles. The predicted octanol–water partition coefficient (Wildman–Crippen LogP) is -0.119. The van der Waals surface area contributed by atoms with Gasteiger partial charge in [-0.1, -0.05) is 5.21 Å². The molecular formula is C9H11N5O. The van der Waals surface area contributed by atoms with Crippen LogP contribution in [0.25, 0.3) is 0 Å². The summed E-state index contributed by atoms with van der Waals surface area (Å²) < 4.78 is 1.59. The highest BCUT2D eigenvalue weighted by molar-refractivity contribution is 5.00. The van der Waals surface area contributed by atoms with Gasteiger partial charge in [0.15, 0.2) is 5.82 Å². The van der Waals surface area contributed by atoms with Crippen molar-refractivity contribution in [3.8, 4) is 0 Å². The van der Waals surface area contributed by atoms with Gasteiger partial charge in [0.25, 0.3) is 0 Å². The van der Waals surface area contributed by atoms with Crippen molar-refractivity contribution < 1.29 is 5.11 Å². The maximum Gasteiger partial charge on any atom is 0.157 e. The molecular weight excluding hydrogens is 194 g/mol. The molecule has 2 heterocycles. The molecule has 0 aliphatic heterocycles. The first-order valence-electron chi connectivity index (χ1n) is 4.56. The second kappa shape index (κ2) is 4.14. The number of aliphatic hydroxyl groups is 1. The van der Waals surface area contributed by atoms with E-state index < -0.39 is 6.10 Å². The van der Waals surface area contributed by atoms with Gasteiger partial charge < -0.3 is 5.11 Å². The van der Waals surface area contributed by atoms with E-state index in [0.717, 1.165) is 5.69 Å². The highest BCUT2D eigenvalue weighted by Gasteiger charge is 2.12. The lowest BCUT2D eigenvalue weighted by molar-refractivity contribution is 0.167. The average molecular weight is 205 g/mol. The first-order valence-corrected chi connectivity index (χ1v) is 4.56. The van der Waals surface area contributed by atoms with Gasteiger partial charge in [-0.05, 0) is 6.07 Å². The van der Waals surface area contributed by atoms with Gasteiger partial charge in [-0.3, -0.25) is 4.68 Å². The Balaban J connectivity index is 2.07. The second-order valence-corrected chi connectivity index (χ2v) is 3.21. The third-order valence-electron chi connectivity index (χ3n) is 1.94. The molecule has 2 rings (SSSR count). The van der Waals surface area contributed by atoms with E-state index in [0.29, 0.717) is 12.2 Å². The van der Waals surface area contributed by atoms with E-state index in [1.807, 2.05) is 0 Å². The van der Waals surface area contributed by atoms with Crippen molar-refractivity contribution in [3.63, 3.8) is 0 Å². The SMILES string of the molecule is Cn1cc(CC(O)c2ncccn2)nn1. The molecule has 2 aromatic rings. The van der Waals surface area contributed by atoms with E-state index in [1.54, 1.807) is 36.4 Å². The molecule has 78 valence electrons. The van der Waals surface area contributed by atoms with Crippen molar-refractivity contribution in [3.05, 3.63) is 36.2 Å². The highest BCUT2D eigenvalue weighted by Crippen LogP contribution is 2.11. The summed E-state index contributed by atoms with van der Waals surface area (Å²) in [5.74, 6) is 0.406. The van der Waals surface area contributed by atoms with Gasteiger partial charge in [0.05, 0.1) is 5.69 Å². The van der Waals surface area contributed by atoms with Crippen LogP contribution in [0.15, 0.2) is 24.7 Å². The molecule has 0 amide bonds. The zero-order valence-corrected chi connectivity index (χ0v) is 8.28. The predicted molar refractivity (Wildman–Crippen MR) is 51.7 cm³/mol. The van der Waals surface area contributed by atoms with Crippen LogP contribution in [0.2, 0.25) is 0 Å². The largest absolute Gasteiger partial charge is 0.385 e. The first kappa shape index (κ1) is 9.72. The number of aromatic nitrogens is 5. The van der Waals surface area contributed by atoms with Gasteiger partial charge in [0, 0.05) is 32.1 Å². The highest BCUT2D eigenvalue weighted by atomic mass is 16.3. The van der Waals surface area contributed by atoms with E-state index in [1.165, 1.54) is 0 Å². The van der Waals surface area contributed by atoms with Crippen LogP contribution in [0, 0.1) is 0 Å². The molecule has 0 aliphatic rings. The second-order valence-electron chi connectivity index (χ2n) is 3.21. The summed E-state index contributed by atoms with van der Waals surface area (Å²) in [6.07, 6.45) is 4.59. The Hall–Kier alpha value is -1.82. The summed E-state index contributed by atoms with van der Waals surface area (Å²) in [5.41, 5.74) is 0.720. The van der Waals surface area contributed by atoms with Crippen molar-refractivity contribution in [2.45, 2.75) is 12.5 Å². The number of hydrogen-bond donors (Lipinski definition) is 1. The van der Waals surface area contributed by atoms with Crippen LogP contribution in [-0.4, -0.2) is 30.1 Å². The molecule has 6 heteroatoms. The Kier molecular flexibility index (Phi) is 2.68. The lowest BCUT2D eigenvalue weighted by Crippen LogP contribution is -2.06. The maximum absolute atomic E-state index is 9.78. The number of aryl methyl sites for hydroxylation is 1. The number of aliphatic hydroxyl groups excluding tert-OH is 1. The fourth-order valence-electron chi connectivity index (χ4n) is 1.26. The van der Waals surface area contributed by atoms with Crippen molar-refractivity contribution in [2.24, 2.45) is 7.05 Å². The zero-order valence-electron chi connectivity index (χ0n) is 8.28. The number of hydrogen-bond acceptors (Lipinski definition) is 5. The van der Waals surface area contributed by atoms with Crippen LogP contribution >= 0.6 is 0 Å². The topological polar surface area (TPSA) is 76.7 Å². The molecule has 2 aromatic heterocycles. The summed E-state index contributed by atoms with van der Waals surface area (Å²) in [7, 11) is 1.78. The normalized spacial score (nSPS) is 12.7. The van der Waals surface area contributed by atoms with Crippen molar-refractivity contribution in [2.75, 3.05) is 0 Å². The van der Waals surface area contributed by atoms with Crippen LogP contribution < -0.4 is 0 Å². The molecule has 1 atom stereocenters. The van der Waals surface area contributed by atoms with E-state index in [2.05, 4.69) is 20.3 Å². The minimum atomic E-state index is -0.733. The van der Waals surface area contributed by atoms with E-state index in [4.69, 9.17) is 0 Å². The van der Waals surface area contributed by atoms with Gasteiger partial charge in [0.2, 0.25) is 0 Å². The maximum atomic E-state index is 9.78. The minimum absolute atomic E-state index is 0.373. The standard InChI is InChI=1S/C9H11N5O/c1-14-6-7(12-13-14)5-8(15)9-10-3-2-4-11-9/h2-4,6,8,15H,5H2,1H3.